The van der Waals surface area contributed by atoms with Crippen LogP contribution in [0.2, 0.25) is 0 Å². The Hall–Kier alpha value is -0.870. The minimum atomic E-state index is -0.129. The van der Waals surface area contributed by atoms with Crippen molar-refractivity contribution in [2.45, 2.75) is 45.8 Å². The first-order chi connectivity index (χ1) is 8.55. The van der Waals surface area contributed by atoms with Crippen molar-refractivity contribution >= 4 is 0 Å². The zero-order valence-electron chi connectivity index (χ0n) is 11.5. The van der Waals surface area contributed by atoms with Gasteiger partial charge in [-0.3, -0.25) is 4.68 Å². The molecule has 0 radical (unpaired) electrons. The molecule has 0 aliphatic carbocycles. The molecule has 0 saturated carbocycles. The Morgan fingerprint density at radius 1 is 1.39 bits per heavy atom. The molecular formula is C14H25N3O. The quantitative estimate of drug-likeness (QED) is 0.886. The van der Waals surface area contributed by atoms with Crippen molar-refractivity contribution in [1.82, 2.24) is 14.7 Å². The number of aliphatic hydroxyl groups is 1. The van der Waals surface area contributed by atoms with Crippen LogP contribution in [0.4, 0.5) is 0 Å². The molecule has 1 aromatic rings. The predicted molar refractivity (Wildman–Crippen MR) is 72.3 cm³/mol. The lowest BCUT2D eigenvalue weighted by atomic mass is 9.87. The summed E-state index contributed by atoms with van der Waals surface area (Å²) in [5.41, 5.74) is 0.224. The van der Waals surface area contributed by atoms with Crippen LogP contribution in [0.3, 0.4) is 0 Å². The molecular weight excluding hydrogens is 226 g/mol. The molecule has 1 saturated heterocycles. The molecule has 2 heterocycles. The predicted octanol–water partition coefficient (Wildman–Crippen LogP) is 1.76. The largest absolute Gasteiger partial charge is 0.393 e. The van der Waals surface area contributed by atoms with Crippen LogP contribution in [0.1, 0.15) is 33.1 Å². The highest BCUT2D eigenvalue weighted by Gasteiger charge is 2.28. The second kappa shape index (κ2) is 5.85. The maximum Gasteiger partial charge on any atom is 0.0558 e. The van der Waals surface area contributed by atoms with Gasteiger partial charge in [-0.25, -0.2) is 0 Å². The lowest BCUT2D eigenvalue weighted by molar-refractivity contribution is 0.121. The maximum atomic E-state index is 9.88. The van der Waals surface area contributed by atoms with Crippen LogP contribution in [0.5, 0.6) is 0 Å². The Morgan fingerprint density at radius 2 is 2.22 bits per heavy atom. The van der Waals surface area contributed by atoms with E-state index in [9.17, 15) is 5.11 Å². The van der Waals surface area contributed by atoms with Gasteiger partial charge in [0.05, 0.1) is 6.10 Å². The Balaban J connectivity index is 1.78. The van der Waals surface area contributed by atoms with Crippen molar-refractivity contribution in [3.8, 4) is 0 Å². The molecule has 1 aromatic heterocycles. The summed E-state index contributed by atoms with van der Waals surface area (Å²) in [5, 5.41) is 14.1. The van der Waals surface area contributed by atoms with Crippen molar-refractivity contribution in [2.75, 3.05) is 19.6 Å². The van der Waals surface area contributed by atoms with Gasteiger partial charge in [-0.2, -0.15) is 5.10 Å². The van der Waals surface area contributed by atoms with E-state index >= 15 is 0 Å². The molecule has 1 atom stereocenters. The highest BCUT2D eigenvalue weighted by molar-refractivity contribution is 4.82. The van der Waals surface area contributed by atoms with Crippen LogP contribution in [0, 0.1) is 5.41 Å². The second-order valence-electron chi connectivity index (χ2n) is 6.21. The fourth-order valence-electron chi connectivity index (χ4n) is 2.90. The summed E-state index contributed by atoms with van der Waals surface area (Å²) in [4.78, 5) is 2.49. The minimum Gasteiger partial charge on any atom is -0.393 e. The Labute approximate surface area is 110 Å². The van der Waals surface area contributed by atoms with Gasteiger partial charge < -0.3 is 10.0 Å². The highest BCUT2D eigenvalue weighted by Crippen LogP contribution is 2.28. The molecule has 1 fully saturated rings. The maximum absolute atomic E-state index is 9.88. The van der Waals surface area contributed by atoms with Crippen LogP contribution in [-0.2, 0) is 6.54 Å². The third kappa shape index (κ3) is 4.10. The van der Waals surface area contributed by atoms with Crippen molar-refractivity contribution in [2.24, 2.45) is 5.41 Å². The molecule has 0 bridgehead atoms. The van der Waals surface area contributed by atoms with Gasteiger partial charge in [0.2, 0.25) is 0 Å². The standard InChI is InChI=1S/C14H25N3O/c1-14(2)11-13(18)5-10-16(12-14)7-4-9-17-8-3-6-15-17/h3,6,8,13,18H,4-5,7,9-12H2,1-2H3/t13-/m1/s1. The third-order valence-electron chi connectivity index (χ3n) is 3.64. The first-order valence-corrected chi connectivity index (χ1v) is 6.93. The van der Waals surface area contributed by atoms with E-state index in [1.54, 1.807) is 0 Å². The molecule has 0 unspecified atom stereocenters. The number of likely N-dealkylation sites (tertiary alicyclic amines) is 1. The molecule has 2 rings (SSSR count). The average Bonchev–Trinajstić information content (AvgIpc) is 2.73. The van der Waals surface area contributed by atoms with E-state index in [0.29, 0.717) is 0 Å². The van der Waals surface area contributed by atoms with Gasteiger partial charge in [0.15, 0.2) is 0 Å². The van der Waals surface area contributed by atoms with Crippen molar-refractivity contribution in [1.29, 1.82) is 0 Å². The third-order valence-corrected chi connectivity index (χ3v) is 3.64. The van der Waals surface area contributed by atoms with Crippen molar-refractivity contribution in [3.05, 3.63) is 18.5 Å². The van der Waals surface area contributed by atoms with Crippen molar-refractivity contribution < 1.29 is 5.11 Å². The molecule has 0 spiro atoms. The zero-order valence-corrected chi connectivity index (χ0v) is 11.5. The zero-order chi connectivity index (χ0) is 13.0. The molecule has 102 valence electrons. The lowest BCUT2D eigenvalue weighted by Crippen LogP contribution is -2.33. The van der Waals surface area contributed by atoms with Crippen LogP contribution >= 0.6 is 0 Å². The van der Waals surface area contributed by atoms with Gasteiger partial charge in [0.1, 0.15) is 0 Å². The highest BCUT2D eigenvalue weighted by atomic mass is 16.3. The van der Waals surface area contributed by atoms with Gasteiger partial charge in [-0.15, -0.1) is 0 Å². The van der Waals surface area contributed by atoms with E-state index < -0.39 is 0 Å². The molecule has 0 amide bonds. The molecule has 4 nitrogen and oxygen atoms in total. The summed E-state index contributed by atoms with van der Waals surface area (Å²) >= 11 is 0. The summed E-state index contributed by atoms with van der Waals surface area (Å²) in [6, 6.07) is 1.96. The van der Waals surface area contributed by atoms with E-state index in [-0.39, 0.29) is 11.5 Å². The Kier molecular flexibility index (Phi) is 4.40. The minimum absolute atomic E-state index is 0.129. The summed E-state index contributed by atoms with van der Waals surface area (Å²) in [6.45, 7) is 8.68. The van der Waals surface area contributed by atoms with Crippen LogP contribution in [-0.4, -0.2) is 45.5 Å². The Bertz CT molecular complexity index is 348. The second-order valence-corrected chi connectivity index (χ2v) is 6.21. The number of aromatic nitrogens is 2. The number of hydrogen-bond donors (Lipinski definition) is 1. The smallest absolute Gasteiger partial charge is 0.0558 e. The van der Waals surface area contributed by atoms with Gasteiger partial charge in [-0.1, -0.05) is 13.8 Å². The summed E-state index contributed by atoms with van der Waals surface area (Å²) in [7, 11) is 0. The molecule has 0 aromatic carbocycles. The topological polar surface area (TPSA) is 41.3 Å². The normalized spacial score (nSPS) is 24.9. The van der Waals surface area contributed by atoms with Gasteiger partial charge in [-0.05, 0) is 37.3 Å². The molecule has 4 heteroatoms. The van der Waals surface area contributed by atoms with Crippen LogP contribution < -0.4 is 0 Å². The fraction of sp³-hybridized carbons (Fsp3) is 0.786. The molecule has 1 aliphatic rings. The number of nitrogens with zero attached hydrogens (tertiary/aromatic N) is 3. The lowest BCUT2D eigenvalue weighted by Gasteiger charge is -2.29. The van der Waals surface area contributed by atoms with Crippen LogP contribution in [0.25, 0.3) is 0 Å². The SMILES string of the molecule is CC1(C)C[C@H](O)CCN(CCCn2cccn2)C1. The first-order valence-electron chi connectivity index (χ1n) is 6.93. The van der Waals surface area contributed by atoms with E-state index in [0.717, 1.165) is 45.4 Å². The van der Waals surface area contributed by atoms with E-state index in [4.69, 9.17) is 0 Å². The average molecular weight is 251 g/mol. The number of hydrogen-bond acceptors (Lipinski definition) is 3. The van der Waals surface area contributed by atoms with Gasteiger partial charge in [0, 0.05) is 32.0 Å². The van der Waals surface area contributed by atoms with Gasteiger partial charge >= 0.3 is 0 Å². The fourth-order valence-corrected chi connectivity index (χ4v) is 2.90. The molecule has 1 aliphatic heterocycles. The summed E-state index contributed by atoms with van der Waals surface area (Å²) < 4.78 is 1.98. The van der Waals surface area contributed by atoms with Gasteiger partial charge in [0.25, 0.3) is 0 Å². The molecule has 1 N–H and O–H groups in total. The first kappa shape index (κ1) is 13.6. The molecule has 18 heavy (non-hydrogen) atoms. The monoisotopic (exact) mass is 251 g/mol. The van der Waals surface area contributed by atoms with E-state index in [1.807, 2.05) is 23.1 Å². The summed E-state index contributed by atoms with van der Waals surface area (Å²) in [5.74, 6) is 0. The van der Waals surface area contributed by atoms with E-state index in [1.165, 1.54) is 0 Å². The van der Waals surface area contributed by atoms with E-state index in [2.05, 4.69) is 23.8 Å². The Morgan fingerprint density at radius 3 is 2.94 bits per heavy atom. The van der Waals surface area contributed by atoms with Crippen molar-refractivity contribution in [3.63, 3.8) is 0 Å². The number of aliphatic hydroxyl groups excluding tert-OH is 1. The van der Waals surface area contributed by atoms with Crippen LogP contribution in [0.15, 0.2) is 18.5 Å². The number of rotatable bonds is 4. The number of aryl methyl sites for hydroxylation is 1. The summed E-state index contributed by atoms with van der Waals surface area (Å²) in [6.07, 6.45) is 6.65.